The fourth-order valence-corrected chi connectivity index (χ4v) is 0. The molecule has 0 atom stereocenters. The van der Waals surface area contributed by atoms with Crippen LogP contribution in [0.25, 0.3) is 0 Å². The van der Waals surface area contributed by atoms with Crippen LogP contribution in [0.2, 0.25) is 0 Å². The van der Waals surface area contributed by atoms with Gasteiger partial charge in [-0.25, -0.2) is 0 Å². The molecule has 1 nitrogen and oxygen atoms in total. The van der Waals surface area contributed by atoms with Crippen molar-refractivity contribution in [2.75, 3.05) is 0 Å². The molecular formula is CHBr2ClO. The second-order valence-corrected chi connectivity index (χ2v) is 2.73. The number of carbonyl (C=O) groups excluding carboxylic acids is 1. The van der Waals surface area contributed by atoms with Crippen molar-refractivity contribution in [3.8, 4) is 0 Å². The smallest absolute Gasteiger partial charge is 0.262 e. The van der Waals surface area contributed by atoms with Crippen LogP contribution in [0.15, 0.2) is 0 Å². The molecule has 0 saturated heterocycles. The van der Waals surface area contributed by atoms with Gasteiger partial charge in [-0.2, -0.15) is 0 Å². The summed E-state index contributed by atoms with van der Waals surface area (Å²) >= 11 is 5.10. The van der Waals surface area contributed by atoms with E-state index in [9.17, 15) is 4.79 Å². The van der Waals surface area contributed by atoms with E-state index in [1.54, 1.807) is 0 Å². The van der Waals surface area contributed by atoms with E-state index < -0.39 is 0 Å². The first-order chi connectivity index (χ1) is 1.73. The van der Waals surface area contributed by atoms with Gasteiger partial charge in [0.25, 0.3) is 3.60 Å². The summed E-state index contributed by atoms with van der Waals surface area (Å²) in [6.07, 6.45) is 0. The highest BCUT2D eigenvalue weighted by atomic mass is 79.9. The highest BCUT2D eigenvalue weighted by Gasteiger charge is 1.70. The SMILES string of the molecule is Cl.O=C(Br)Br. The minimum absolute atomic E-state index is 0. The largest absolute Gasteiger partial charge is 0.273 e. The number of hydrogen-bond donors (Lipinski definition) is 0. The van der Waals surface area contributed by atoms with E-state index in [1.165, 1.54) is 0 Å². The summed E-state index contributed by atoms with van der Waals surface area (Å²) in [5, 5.41) is 0. The molecule has 0 aromatic rings. The molecule has 0 radical (unpaired) electrons. The lowest BCUT2D eigenvalue weighted by molar-refractivity contribution is 0.278. The van der Waals surface area contributed by atoms with Gasteiger partial charge in [0, 0.05) is 31.9 Å². The maximum absolute atomic E-state index is 9.28. The molecule has 0 aliphatic carbocycles. The minimum atomic E-state index is -0.208. The Morgan fingerprint density at radius 1 is 1.40 bits per heavy atom. The molecule has 5 heavy (non-hydrogen) atoms. The molecule has 4 heteroatoms. The molecule has 32 valence electrons. The predicted molar refractivity (Wildman–Crippen MR) is 30.5 cm³/mol. The summed E-state index contributed by atoms with van der Waals surface area (Å²) in [5.41, 5.74) is 0. The fraction of sp³-hybridized carbons (Fsp3) is 0. The van der Waals surface area contributed by atoms with Gasteiger partial charge in [0.1, 0.15) is 0 Å². The first kappa shape index (κ1) is 9.33. The quantitative estimate of drug-likeness (QED) is 0.577. The van der Waals surface area contributed by atoms with E-state index in [1.807, 2.05) is 0 Å². The third-order valence-corrected chi connectivity index (χ3v) is 0. The van der Waals surface area contributed by atoms with Crippen LogP contribution in [0.3, 0.4) is 0 Å². The third kappa shape index (κ3) is 49.6. The lowest BCUT2D eigenvalue weighted by Crippen LogP contribution is -1.42. The molecule has 0 aromatic carbocycles. The van der Waals surface area contributed by atoms with Crippen molar-refractivity contribution in [3.63, 3.8) is 0 Å². The molecule has 0 heterocycles. The Kier molecular flexibility index (Phi) is 9.18. The second kappa shape index (κ2) is 4.92. The average Bonchev–Trinajstić information content (AvgIpc) is 0.811. The van der Waals surface area contributed by atoms with Crippen LogP contribution in [-0.2, 0) is 0 Å². The van der Waals surface area contributed by atoms with Gasteiger partial charge in [-0.15, -0.1) is 12.4 Å². The van der Waals surface area contributed by atoms with Crippen molar-refractivity contribution in [2.45, 2.75) is 0 Å². The van der Waals surface area contributed by atoms with E-state index >= 15 is 0 Å². The van der Waals surface area contributed by atoms with Crippen LogP contribution in [0.1, 0.15) is 0 Å². The van der Waals surface area contributed by atoms with Gasteiger partial charge in [-0.05, 0) is 0 Å². The first-order valence-corrected chi connectivity index (χ1v) is 2.17. The van der Waals surface area contributed by atoms with Crippen molar-refractivity contribution in [3.05, 3.63) is 0 Å². The van der Waals surface area contributed by atoms with Crippen LogP contribution >= 0.6 is 44.3 Å². The zero-order valence-corrected chi connectivity index (χ0v) is 6.06. The molecule has 0 saturated carbocycles. The normalized spacial score (nSPS) is 5.20. The van der Waals surface area contributed by atoms with E-state index in [-0.39, 0.29) is 16.0 Å². The van der Waals surface area contributed by atoms with Crippen molar-refractivity contribution in [2.24, 2.45) is 0 Å². The maximum Gasteiger partial charge on any atom is 0.262 e. The minimum Gasteiger partial charge on any atom is -0.273 e. The van der Waals surface area contributed by atoms with Gasteiger partial charge in [-0.1, -0.05) is 0 Å². The van der Waals surface area contributed by atoms with Crippen LogP contribution in [0.5, 0.6) is 0 Å². The van der Waals surface area contributed by atoms with E-state index in [4.69, 9.17) is 0 Å². The summed E-state index contributed by atoms with van der Waals surface area (Å²) in [7, 11) is 0. The lowest BCUT2D eigenvalue weighted by Gasteiger charge is -1.49. The molecule has 0 aliphatic heterocycles. The average molecular weight is 224 g/mol. The summed E-state index contributed by atoms with van der Waals surface area (Å²) in [6.45, 7) is 0. The Morgan fingerprint density at radius 2 is 1.40 bits per heavy atom. The molecule has 0 amide bonds. The van der Waals surface area contributed by atoms with Gasteiger partial charge in [-0.3, -0.25) is 4.79 Å². The summed E-state index contributed by atoms with van der Waals surface area (Å²) in [4.78, 5) is 9.28. The van der Waals surface area contributed by atoms with Crippen molar-refractivity contribution >= 4 is 47.9 Å². The Hall–Kier alpha value is 0.920. The van der Waals surface area contributed by atoms with Crippen molar-refractivity contribution < 1.29 is 4.79 Å². The van der Waals surface area contributed by atoms with Crippen molar-refractivity contribution in [1.29, 1.82) is 0 Å². The lowest BCUT2D eigenvalue weighted by atomic mass is 11.9. The van der Waals surface area contributed by atoms with Gasteiger partial charge < -0.3 is 0 Å². The van der Waals surface area contributed by atoms with Crippen LogP contribution in [0.4, 0.5) is 4.79 Å². The van der Waals surface area contributed by atoms with Gasteiger partial charge in [0.15, 0.2) is 0 Å². The molecule has 0 aliphatic rings. The van der Waals surface area contributed by atoms with E-state index in [2.05, 4.69) is 31.9 Å². The van der Waals surface area contributed by atoms with Gasteiger partial charge in [0.2, 0.25) is 0 Å². The van der Waals surface area contributed by atoms with Crippen LogP contribution in [0, 0.1) is 0 Å². The topological polar surface area (TPSA) is 17.1 Å². The fourth-order valence-electron chi connectivity index (χ4n) is 0. The molecule has 0 unspecified atom stereocenters. The number of carbonyl (C=O) groups is 1. The zero-order chi connectivity index (χ0) is 3.58. The molecular weight excluding hydrogens is 223 g/mol. The maximum atomic E-state index is 9.28. The van der Waals surface area contributed by atoms with Crippen molar-refractivity contribution in [1.82, 2.24) is 0 Å². The Bertz CT molecular complexity index is 32.6. The Morgan fingerprint density at radius 3 is 1.40 bits per heavy atom. The highest BCUT2D eigenvalue weighted by Crippen LogP contribution is 1.92. The molecule has 0 aromatic heterocycles. The molecule has 0 spiro atoms. The van der Waals surface area contributed by atoms with Crippen LogP contribution in [-0.4, -0.2) is 3.60 Å². The number of hydrogen-bond acceptors (Lipinski definition) is 1. The third-order valence-electron chi connectivity index (χ3n) is 0. The predicted octanol–water partition coefficient (Wildman–Crippen LogP) is 2.32. The summed E-state index contributed by atoms with van der Waals surface area (Å²) in [6, 6.07) is 0. The Labute approximate surface area is 52.8 Å². The summed E-state index contributed by atoms with van der Waals surface area (Å²) in [5.74, 6) is 0. The molecule has 0 fully saturated rings. The summed E-state index contributed by atoms with van der Waals surface area (Å²) < 4.78 is -0.208. The molecule has 0 N–H and O–H groups in total. The number of rotatable bonds is 0. The standard InChI is InChI=1S/CBr2O.ClH/c2-1(3)4;/h;1H. The van der Waals surface area contributed by atoms with Crippen LogP contribution < -0.4 is 0 Å². The monoisotopic (exact) mass is 222 g/mol. The first-order valence-electron chi connectivity index (χ1n) is 0.582. The highest BCUT2D eigenvalue weighted by molar-refractivity contribution is 9.39. The second-order valence-electron chi connectivity index (χ2n) is 0.226. The molecule has 0 bridgehead atoms. The van der Waals surface area contributed by atoms with E-state index in [0.717, 1.165) is 0 Å². The molecule has 0 rings (SSSR count). The zero-order valence-electron chi connectivity index (χ0n) is 2.07. The number of halogens is 3. The van der Waals surface area contributed by atoms with E-state index in [0.29, 0.717) is 0 Å². The van der Waals surface area contributed by atoms with Gasteiger partial charge in [0.05, 0.1) is 0 Å². The Balaban J connectivity index is 0. The van der Waals surface area contributed by atoms with Gasteiger partial charge >= 0.3 is 0 Å².